The molecule has 15 heavy (non-hydrogen) atoms. The van der Waals surface area contributed by atoms with Gasteiger partial charge in [0.25, 0.3) is 0 Å². The van der Waals surface area contributed by atoms with E-state index >= 15 is 0 Å². The van der Waals surface area contributed by atoms with Gasteiger partial charge in [-0.15, -0.1) is 0 Å². The van der Waals surface area contributed by atoms with Gasteiger partial charge < -0.3 is 11.1 Å². The fraction of sp³-hybridized carbons (Fsp3) is 0.455. The molecule has 2 rings (SSSR count). The molecule has 2 heterocycles. The van der Waals surface area contributed by atoms with E-state index in [0.29, 0.717) is 12.2 Å². The molecule has 4 nitrogen and oxygen atoms in total. The fourth-order valence-corrected chi connectivity index (χ4v) is 1.87. The van der Waals surface area contributed by atoms with Crippen LogP contribution in [0.2, 0.25) is 0 Å². The minimum atomic E-state index is 0.0182. The lowest BCUT2D eigenvalue weighted by Gasteiger charge is -2.09. The first-order chi connectivity index (χ1) is 7.27. The highest BCUT2D eigenvalue weighted by Gasteiger charge is 2.22. The van der Waals surface area contributed by atoms with Crippen LogP contribution in [0.3, 0.4) is 0 Å². The summed E-state index contributed by atoms with van der Waals surface area (Å²) in [5, 5.41) is 3.19. The molecule has 0 aromatic carbocycles. The van der Waals surface area contributed by atoms with Crippen LogP contribution in [-0.4, -0.2) is 23.4 Å². The first kappa shape index (κ1) is 10.1. The number of nitrogen functional groups attached to an aromatic ring is 1. The molecule has 1 aliphatic rings. The lowest BCUT2D eigenvalue weighted by atomic mass is 10.0. The molecule has 1 aromatic rings. The van der Waals surface area contributed by atoms with Crippen molar-refractivity contribution in [3.8, 4) is 0 Å². The van der Waals surface area contributed by atoms with Crippen LogP contribution in [0.5, 0.6) is 0 Å². The van der Waals surface area contributed by atoms with Gasteiger partial charge in [-0.25, -0.2) is 4.98 Å². The van der Waals surface area contributed by atoms with E-state index < -0.39 is 0 Å². The molecule has 1 fully saturated rings. The zero-order valence-corrected chi connectivity index (χ0v) is 8.57. The second-order valence-electron chi connectivity index (χ2n) is 3.84. The number of nitrogens with zero attached hydrogens (tertiary/aromatic N) is 1. The van der Waals surface area contributed by atoms with Crippen molar-refractivity contribution in [1.29, 1.82) is 0 Å². The molecule has 4 heteroatoms. The number of Topliss-reactive ketones (excluding diaryl/α,β-unsaturated/α-hetero) is 1. The second kappa shape index (κ2) is 4.40. The third kappa shape index (κ3) is 2.33. The number of hydrogen-bond donors (Lipinski definition) is 2. The summed E-state index contributed by atoms with van der Waals surface area (Å²) in [6, 6.07) is 3.68. The van der Waals surface area contributed by atoms with Crippen LogP contribution in [-0.2, 0) is 11.2 Å². The van der Waals surface area contributed by atoms with Gasteiger partial charge in [0, 0.05) is 18.2 Å². The van der Waals surface area contributed by atoms with E-state index in [1.165, 1.54) is 0 Å². The molecule has 1 aromatic heterocycles. The lowest BCUT2D eigenvalue weighted by Crippen LogP contribution is -2.32. The number of nitrogens with one attached hydrogen (secondary N) is 1. The van der Waals surface area contributed by atoms with E-state index in [2.05, 4.69) is 10.3 Å². The Kier molecular flexibility index (Phi) is 2.97. The van der Waals surface area contributed by atoms with Crippen LogP contribution in [0, 0.1) is 0 Å². The number of carbonyl (C=O) groups is 1. The average Bonchev–Trinajstić information content (AvgIpc) is 2.74. The van der Waals surface area contributed by atoms with E-state index in [-0.39, 0.29) is 11.8 Å². The zero-order valence-electron chi connectivity index (χ0n) is 8.57. The molecule has 1 unspecified atom stereocenters. The molecule has 0 aliphatic carbocycles. The smallest absolute Gasteiger partial charge is 0.154 e. The summed E-state index contributed by atoms with van der Waals surface area (Å²) in [7, 11) is 0. The molecule has 0 bridgehead atoms. The molecule has 0 saturated carbocycles. The van der Waals surface area contributed by atoms with Crippen LogP contribution >= 0.6 is 0 Å². The Balaban J connectivity index is 2.02. The van der Waals surface area contributed by atoms with Gasteiger partial charge >= 0.3 is 0 Å². The number of ketones is 1. The number of nitrogens with two attached hydrogens (primary N) is 1. The minimum absolute atomic E-state index is 0.0182. The van der Waals surface area contributed by atoms with Gasteiger partial charge in [0.05, 0.1) is 6.04 Å². The maximum absolute atomic E-state index is 11.8. The molecule has 1 aliphatic heterocycles. The van der Waals surface area contributed by atoms with Crippen LogP contribution < -0.4 is 11.1 Å². The molecular formula is C11H15N3O. The van der Waals surface area contributed by atoms with E-state index in [1.807, 2.05) is 6.07 Å². The van der Waals surface area contributed by atoms with Crippen molar-refractivity contribution in [2.45, 2.75) is 25.3 Å². The van der Waals surface area contributed by atoms with Crippen molar-refractivity contribution >= 4 is 11.6 Å². The summed E-state index contributed by atoms with van der Waals surface area (Å²) >= 11 is 0. The summed E-state index contributed by atoms with van der Waals surface area (Å²) in [5.41, 5.74) is 6.51. The highest BCUT2D eigenvalue weighted by molar-refractivity contribution is 5.87. The zero-order chi connectivity index (χ0) is 10.7. The van der Waals surface area contributed by atoms with Crippen molar-refractivity contribution in [2.24, 2.45) is 0 Å². The van der Waals surface area contributed by atoms with Gasteiger partial charge in [-0.1, -0.05) is 6.07 Å². The number of aromatic nitrogens is 1. The van der Waals surface area contributed by atoms with Crippen molar-refractivity contribution in [3.05, 3.63) is 23.9 Å². The molecule has 0 amide bonds. The van der Waals surface area contributed by atoms with Crippen LogP contribution in [0.25, 0.3) is 0 Å². The maximum Gasteiger partial charge on any atom is 0.154 e. The van der Waals surface area contributed by atoms with Gasteiger partial charge in [-0.3, -0.25) is 4.79 Å². The third-order valence-corrected chi connectivity index (χ3v) is 2.74. The van der Waals surface area contributed by atoms with Crippen molar-refractivity contribution in [1.82, 2.24) is 10.3 Å². The summed E-state index contributed by atoms with van der Waals surface area (Å²) in [6.07, 6.45) is 4.05. The first-order valence-corrected chi connectivity index (χ1v) is 5.23. The molecular weight excluding hydrogens is 190 g/mol. The molecule has 1 saturated heterocycles. The highest BCUT2D eigenvalue weighted by atomic mass is 16.1. The number of hydrogen-bond acceptors (Lipinski definition) is 4. The van der Waals surface area contributed by atoms with Crippen LogP contribution in [0.4, 0.5) is 5.82 Å². The fourth-order valence-electron chi connectivity index (χ4n) is 1.87. The monoisotopic (exact) mass is 205 g/mol. The SMILES string of the molecule is Nc1ncccc1CC(=O)C1CCCN1. The predicted octanol–water partition coefficient (Wildman–Crippen LogP) is 0.527. The minimum Gasteiger partial charge on any atom is -0.383 e. The molecule has 0 spiro atoms. The highest BCUT2D eigenvalue weighted by Crippen LogP contribution is 2.12. The number of carbonyl (C=O) groups excluding carboxylic acids is 1. The summed E-state index contributed by atoms with van der Waals surface area (Å²) in [4.78, 5) is 15.8. The predicted molar refractivity (Wildman–Crippen MR) is 58.4 cm³/mol. The van der Waals surface area contributed by atoms with Crippen LogP contribution in [0.15, 0.2) is 18.3 Å². The summed E-state index contributed by atoms with van der Waals surface area (Å²) < 4.78 is 0. The van der Waals surface area contributed by atoms with Gasteiger partial charge in [-0.05, 0) is 25.5 Å². The van der Waals surface area contributed by atoms with Crippen LogP contribution in [0.1, 0.15) is 18.4 Å². The van der Waals surface area contributed by atoms with Gasteiger partial charge in [0.2, 0.25) is 0 Å². The first-order valence-electron chi connectivity index (χ1n) is 5.23. The largest absolute Gasteiger partial charge is 0.383 e. The third-order valence-electron chi connectivity index (χ3n) is 2.74. The Labute approximate surface area is 88.9 Å². The lowest BCUT2D eigenvalue weighted by molar-refractivity contribution is -0.120. The number of pyridine rings is 1. The van der Waals surface area contributed by atoms with E-state index in [4.69, 9.17) is 5.73 Å². The average molecular weight is 205 g/mol. The Bertz CT molecular complexity index is 359. The Morgan fingerprint density at radius 2 is 2.53 bits per heavy atom. The molecule has 1 atom stereocenters. The molecule has 80 valence electrons. The van der Waals surface area contributed by atoms with E-state index in [0.717, 1.165) is 24.9 Å². The van der Waals surface area contributed by atoms with Gasteiger partial charge in [-0.2, -0.15) is 0 Å². The molecule has 3 N–H and O–H groups in total. The topological polar surface area (TPSA) is 68.0 Å². The second-order valence-corrected chi connectivity index (χ2v) is 3.84. The number of anilines is 1. The summed E-state index contributed by atoms with van der Waals surface area (Å²) in [5.74, 6) is 0.677. The van der Waals surface area contributed by atoms with E-state index in [9.17, 15) is 4.79 Å². The van der Waals surface area contributed by atoms with Gasteiger partial charge in [0.15, 0.2) is 5.78 Å². The Hall–Kier alpha value is -1.42. The Morgan fingerprint density at radius 1 is 1.67 bits per heavy atom. The molecule has 0 radical (unpaired) electrons. The number of rotatable bonds is 3. The van der Waals surface area contributed by atoms with Crippen molar-refractivity contribution in [3.63, 3.8) is 0 Å². The van der Waals surface area contributed by atoms with Gasteiger partial charge in [0.1, 0.15) is 5.82 Å². The standard InChI is InChI=1S/C11H15N3O/c12-11-8(3-1-6-14-11)7-10(15)9-4-2-5-13-9/h1,3,6,9,13H,2,4-5,7H2,(H2,12,14). The summed E-state index contributed by atoms with van der Waals surface area (Å²) in [6.45, 7) is 0.943. The quantitative estimate of drug-likeness (QED) is 0.755. The van der Waals surface area contributed by atoms with E-state index in [1.54, 1.807) is 12.3 Å². The normalized spacial score (nSPS) is 20.4. The Morgan fingerprint density at radius 3 is 3.20 bits per heavy atom. The maximum atomic E-state index is 11.8. The van der Waals surface area contributed by atoms with Crippen molar-refractivity contribution in [2.75, 3.05) is 12.3 Å². The van der Waals surface area contributed by atoms with Crippen molar-refractivity contribution < 1.29 is 4.79 Å².